The zero-order valence-corrected chi connectivity index (χ0v) is 16.0. The van der Waals surface area contributed by atoms with Crippen LogP contribution in [0.1, 0.15) is 12.0 Å². The number of allylic oxidation sites excluding steroid dienone is 2. The molecule has 2 bridgehead atoms. The van der Waals surface area contributed by atoms with E-state index in [0.717, 1.165) is 22.8 Å². The minimum atomic E-state index is -0.288. The van der Waals surface area contributed by atoms with Crippen molar-refractivity contribution in [3.8, 4) is 0 Å². The number of imide groups is 1. The number of amides is 3. The van der Waals surface area contributed by atoms with Gasteiger partial charge in [-0.15, -0.1) is 0 Å². The van der Waals surface area contributed by atoms with Crippen molar-refractivity contribution in [1.29, 1.82) is 0 Å². The second-order valence-corrected chi connectivity index (χ2v) is 8.83. The lowest BCUT2D eigenvalue weighted by atomic mass is 9.63. The number of rotatable bonds is 4. The molecule has 6 atom stereocenters. The topological polar surface area (TPSA) is 66.5 Å². The van der Waals surface area contributed by atoms with E-state index in [1.807, 2.05) is 42.5 Å². The van der Waals surface area contributed by atoms with E-state index in [2.05, 4.69) is 17.5 Å². The molecule has 3 fully saturated rings. The Kier molecular flexibility index (Phi) is 3.52. The normalized spacial score (nSPS) is 33.7. The van der Waals surface area contributed by atoms with Gasteiger partial charge in [0.05, 0.1) is 11.8 Å². The highest BCUT2D eigenvalue weighted by molar-refractivity contribution is 6.08. The van der Waals surface area contributed by atoms with Crippen LogP contribution < -0.4 is 5.32 Å². The third-order valence-electron chi connectivity index (χ3n) is 7.41. The smallest absolute Gasteiger partial charge is 0.240 e. The summed E-state index contributed by atoms with van der Waals surface area (Å²) < 4.78 is 0. The van der Waals surface area contributed by atoms with E-state index in [4.69, 9.17) is 0 Å². The van der Waals surface area contributed by atoms with Gasteiger partial charge in [0.15, 0.2) is 0 Å². The van der Waals surface area contributed by atoms with Crippen LogP contribution >= 0.6 is 0 Å². The average molecular weight is 386 g/mol. The lowest BCUT2D eigenvalue weighted by molar-refractivity contribution is -0.143. The molecule has 4 aliphatic carbocycles. The lowest BCUT2D eigenvalue weighted by Gasteiger charge is -2.37. The first-order chi connectivity index (χ1) is 14.1. The zero-order valence-electron chi connectivity index (χ0n) is 16.0. The van der Waals surface area contributed by atoms with Crippen LogP contribution in [-0.4, -0.2) is 29.2 Å². The zero-order chi connectivity index (χ0) is 19.7. The van der Waals surface area contributed by atoms with Gasteiger partial charge in [-0.2, -0.15) is 0 Å². The molecule has 2 aromatic carbocycles. The maximum atomic E-state index is 13.0. The highest BCUT2D eigenvalue weighted by atomic mass is 16.2. The monoisotopic (exact) mass is 386 g/mol. The Morgan fingerprint density at radius 1 is 0.931 bits per heavy atom. The van der Waals surface area contributed by atoms with Crippen molar-refractivity contribution in [2.45, 2.75) is 13.0 Å². The van der Waals surface area contributed by atoms with Gasteiger partial charge < -0.3 is 5.32 Å². The van der Waals surface area contributed by atoms with Crippen LogP contribution in [0.3, 0.4) is 0 Å². The van der Waals surface area contributed by atoms with Gasteiger partial charge in [0, 0.05) is 6.54 Å². The second kappa shape index (κ2) is 6.02. The first kappa shape index (κ1) is 17.0. The molecule has 0 spiro atoms. The van der Waals surface area contributed by atoms with E-state index >= 15 is 0 Å². The molecule has 2 aromatic rings. The van der Waals surface area contributed by atoms with Gasteiger partial charge >= 0.3 is 0 Å². The number of hydrogen-bond acceptors (Lipinski definition) is 3. The number of nitrogens with one attached hydrogen (secondary N) is 1. The summed E-state index contributed by atoms with van der Waals surface area (Å²) in [6.07, 6.45) is 5.44. The average Bonchev–Trinajstić information content (AvgIpc) is 3.53. The van der Waals surface area contributed by atoms with Gasteiger partial charge in [0.2, 0.25) is 17.7 Å². The van der Waals surface area contributed by atoms with Crippen molar-refractivity contribution in [1.82, 2.24) is 10.2 Å². The lowest BCUT2D eigenvalue weighted by Crippen LogP contribution is -2.41. The maximum Gasteiger partial charge on any atom is 0.240 e. The van der Waals surface area contributed by atoms with Crippen molar-refractivity contribution in [3.05, 3.63) is 60.2 Å². The van der Waals surface area contributed by atoms with E-state index < -0.39 is 0 Å². The van der Waals surface area contributed by atoms with Gasteiger partial charge in [0.25, 0.3) is 0 Å². The highest BCUT2D eigenvalue weighted by Crippen LogP contribution is 2.65. The third kappa shape index (κ3) is 2.43. The summed E-state index contributed by atoms with van der Waals surface area (Å²) in [5, 5.41) is 5.11. The Hall–Kier alpha value is -2.95. The summed E-state index contributed by atoms with van der Waals surface area (Å²) in [6, 6.07) is 14.0. The summed E-state index contributed by atoms with van der Waals surface area (Å²) in [5.41, 5.74) is 1.02. The van der Waals surface area contributed by atoms with E-state index in [0.29, 0.717) is 18.4 Å². The van der Waals surface area contributed by atoms with E-state index in [-0.39, 0.29) is 47.9 Å². The predicted octanol–water partition coefficient (Wildman–Crippen LogP) is 2.51. The number of nitrogens with zero attached hydrogens (tertiary/aromatic N) is 1. The van der Waals surface area contributed by atoms with Gasteiger partial charge in [0.1, 0.15) is 6.54 Å². The molecule has 7 rings (SSSR count). The molecular weight excluding hydrogens is 364 g/mol. The third-order valence-corrected chi connectivity index (χ3v) is 7.41. The highest BCUT2D eigenvalue weighted by Gasteiger charge is 2.67. The molecule has 1 heterocycles. The molecule has 1 N–H and O–H groups in total. The fraction of sp³-hybridized carbons (Fsp3) is 0.375. The fourth-order valence-corrected chi connectivity index (χ4v) is 6.01. The first-order valence-corrected chi connectivity index (χ1v) is 10.4. The molecule has 5 nitrogen and oxygen atoms in total. The Bertz CT molecular complexity index is 1050. The van der Waals surface area contributed by atoms with Crippen molar-refractivity contribution in [3.63, 3.8) is 0 Å². The van der Waals surface area contributed by atoms with Crippen LogP contribution in [0.2, 0.25) is 0 Å². The molecule has 0 radical (unpaired) electrons. The van der Waals surface area contributed by atoms with Crippen molar-refractivity contribution < 1.29 is 14.4 Å². The van der Waals surface area contributed by atoms with Crippen molar-refractivity contribution in [2.75, 3.05) is 6.54 Å². The van der Waals surface area contributed by atoms with Gasteiger partial charge in [-0.3, -0.25) is 19.3 Å². The molecule has 1 saturated heterocycles. The fourth-order valence-electron chi connectivity index (χ4n) is 6.01. The van der Waals surface area contributed by atoms with Gasteiger partial charge in [-0.05, 0) is 46.4 Å². The van der Waals surface area contributed by atoms with Crippen LogP contribution in [0.5, 0.6) is 0 Å². The van der Waals surface area contributed by atoms with E-state index in [1.165, 1.54) is 4.90 Å². The predicted molar refractivity (Wildman–Crippen MR) is 107 cm³/mol. The van der Waals surface area contributed by atoms with E-state index in [9.17, 15) is 14.4 Å². The summed E-state index contributed by atoms with van der Waals surface area (Å²) in [5.74, 6) is 0.453. The number of carbonyl (C=O) groups excluding carboxylic acids is 3. The molecule has 5 heteroatoms. The Labute approximate surface area is 168 Å². The van der Waals surface area contributed by atoms with Gasteiger partial charge in [-0.1, -0.05) is 54.6 Å². The minimum absolute atomic E-state index is 0.148. The SMILES string of the molecule is O=C(CN1C(=O)[C@@H]2[C@H]3C=C[C@@H]([C@@H]4C[C@@H]34)[C@H]2C1=O)NCc1cccc2ccccc12. The summed E-state index contributed by atoms with van der Waals surface area (Å²) in [6.45, 7) is 0.199. The molecule has 5 aliphatic rings. The van der Waals surface area contributed by atoms with Gasteiger partial charge in [-0.25, -0.2) is 0 Å². The number of carbonyl (C=O) groups is 3. The molecule has 146 valence electrons. The van der Waals surface area contributed by atoms with E-state index in [1.54, 1.807) is 0 Å². The Balaban J connectivity index is 1.16. The number of benzene rings is 2. The van der Waals surface area contributed by atoms with Crippen LogP contribution in [-0.2, 0) is 20.9 Å². The maximum absolute atomic E-state index is 13.0. The van der Waals surface area contributed by atoms with Crippen LogP contribution in [0.15, 0.2) is 54.6 Å². The molecular formula is C24H22N2O3. The standard InChI is InChI=1S/C24H22N2O3/c27-20(25-11-14-6-3-5-13-4-1-2-7-15(13)14)12-26-23(28)21-16-8-9-17(19-10-18(16)19)22(21)24(26)29/h1-9,16-19,21-22H,10-12H2,(H,25,27)/t16-,17-,18-,19-,21+,22+/m0/s1. The molecule has 0 unspecified atom stereocenters. The molecule has 0 aromatic heterocycles. The largest absolute Gasteiger partial charge is 0.350 e. The summed E-state index contributed by atoms with van der Waals surface area (Å²) in [4.78, 5) is 39.8. The second-order valence-electron chi connectivity index (χ2n) is 8.83. The summed E-state index contributed by atoms with van der Waals surface area (Å²) >= 11 is 0. The molecule has 29 heavy (non-hydrogen) atoms. The number of likely N-dealkylation sites (tertiary alicyclic amines) is 1. The van der Waals surface area contributed by atoms with Crippen LogP contribution in [0, 0.1) is 35.5 Å². The quantitative estimate of drug-likeness (QED) is 0.649. The molecule has 3 amide bonds. The van der Waals surface area contributed by atoms with Crippen molar-refractivity contribution in [2.24, 2.45) is 35.5 Å². The summed E-state index contributed by atoms with van der Waals surface area (Å²) in [7, 11) is 0. The number of hydrogen-bond donors (Lipinski definition) is 1. The molecule has 2 saturated carbocycles. The number of fused-ring (bicyclic) bond motifs is 1. The van der Waals surface area contributed by atoms with Crippen LogP contribution in [0.25, 0.3) is 10.8 Å². The first-order valence-electron chi connectivity index (χ1n) is 10.4. The Morgan fingerprint density at radius 3 is 2.31 bits per heavy atom. The van der Waals surface area contributed by atoms with Crippen molar-refractivity contribution >= 4 is 28.5 Å². The van der Waals surface area contributed by atoms with Crippen LogP contribution in [0.4, 0.5) is 0 Å². The minimum Gasteiger partial charge on any atom is -0.350 e. The Morgan fingerprint density at radius 2 is 1.59 bits per heavy atom. The molecule has 1 aliphatic heterocycles.